The SMILES string of the molecule is CSc1ncc2c(n1)N(C)N(CC1(O)CCN(C(=O)[C@H](C)CC3CCCCC3)CC13CCCC3)C2O. The quantitative estimate of drug-likeness (QED) is 0.432. The molecule has 0 bridgehead atoms. The predicted octanol–water partition coefficient (Wildman–Crippen LogP) is 3.99. The zero-order chi connectivity index (χ0) is 25.5. The second kappa shape index (κ2) is 10.4. The Kier molecular flexibility index (Phi) is 7.56. The van der Waals surface area contributed by atoms with Gasteiger partial charge in [-0.15, -0.1) is 0 Å². The number of aliphatic hydroxyl groups is 2. The van der Waals surface area contributed by atoms with Crippen LogP contribution in [0.5, 0.6) is 0 Å². The Morgan fingerprint density at radius 3 is 2.61 bits per heavy atom. The fraction of sp³-hybridized carbons (Fsp3) is 0.815. The van der Waals surface area contributed by atoms with Crippen molar-refractivity contribution >= 4 is 23.5 Å². The molecule has 1 aromatic heterocycles. The average molecular weight is 518 g/mol. The summed E-state index contributed by atoms with van der Waals surface area (Å²) >= 11 is 1.47. The van der Waals surface area contributed by atoms with Crippen molar-refractivity contribution in [2.75, 3.05) is 37.9 Å². The number of β-amino-alcohol motifs (C(OH)–C–C–N with tert-alkyl or cyclic N) is 1. The van der Waals surface area contributed by atoms with Crippen LogP contribution in [0.25, 0.3) is 0 Å². The lowest BCUT2D eigenvalue weighted by molar-refractivity contribution is -0.172. The second-order valence-electron chi connectivity index (χ2n) is 11.8. The molecule has 0 aromatic carbocycles. The standard InChI is InChI=1S/C27H43N5O3S/c1-19(15-20-9-5-4-6-10-20)23(33)31-14-13-27(35,26(17-31)11-7-8-12-26)18-32-24(34)21-16-28-25(36-3)29-22(21)30(32)2/h16,19-20,24,34-35H,4-15,17-18H2,1-3H3/t19-,24?,27?/m1/s1. The third-order valence-corrected chi connectivity index (χ3v) is 10.2. The van der Waals surface area contributed by atoms with Crippen LogP contribution in [-0.4, -0.2) is 74.5 Å². The van der Waals surface area contributed by atoms with Crippen LogP contribution in [0.15, 0.2) is 11.4 Å². The third-order valence-electron chi connectivity index (χ3n) is 9.61. The number of anilines is 1. The van der Waals surface area contributed by atoms with Gasteiger partial charge in [-0.1, -0.05) is 63.6 Å². The first-order valence-electron chi connectivity index (χ1n) is 13.9. The van der Waals surface area contributed by atoms with Gasteiger partial charge >= 0.3 is 0 Å². The monoisotopic (exact) mass is 517 g/mol. The number of amides is 1. The van der Waals surface area contributed by atoms with Crippen molar-refractivity contribution < 1.29 is 15.0 Å². The molecule has 2 N–H and O–H groups in total. The van der Waals surface area contributed by atoms with Gasteiger partial charge in [-0.05, 0) is 37.9 Å². The fourth-order valence-electron chi connectivity index (χ4n) is 7.44. The molecule has 3 atom stereocenters. The summed E-state index contributed by atoms with van der Waals surface area (Å²) in [5.74, 6) is 1.68. The molecule has 2 aliphatic heterocycles. The number of fused-ring (bicyclic) bond motifs is 1. The Hall–Kier alpha value is -1.42. The molecule has 9 heteroatoms. The number of rotatable bonds is 6. The van der Waals surface area contributed by atoms with Gasteiger partial charge in [-0.3, -0.25) is 9.80 Å². The molecule has 4 aliphatic rings. The summed E-state index contributed by atoms with van der Waals surface area (Å²) in [7, 11) is 1.89. The van der Waals surface area contributed by atoms with Crippen LogP contribution in [0.4, 0.5) is 5.82 Å². The molecule has 5 rings (SSSR count). The minimum absolute atomic E-state index is 0.0444. The molecule has 3 heterocycles. The molecule has 2 aliphatic carbocycles. The summed E-state index contributed by atoms with van der Waals surface area (Å²) < 4.78 is 0. The topological polar surface area (TPSA) is 93.0 Å². The van der Waals surface area contributed by atoms with Crippen LogP contribution in [0, 0.1) is 17.3 Å². The molecular formula is C27H43N5O3S. The number of carbonyl (C=O) groups excluding carboxylic acids is 1. The summed E-state index contributed by atoms with van der Waals surface area (Å²) in [6.07, 6.45) is 14.7. The van der Waals surface area contributed by atoms with Crippen molar-refractivity contribution in [3.05, 3.63) is 11.8 Å². The molecule has 0 radical (unpaired) electrons. The molecule has 1 amide bonds. The maximum Gasteiger partial charge on any atom is 0.225 e. The second-order valence-corrected chi connectivity index (χ2v) is 12.6. The Morgan fingerprint density at radius 2 is 1.92 bits per heavy atom. The predicted molar refractivity (Wildman–Crippen MR) is 141 cm³/mol. The van der Waals surface area contributed by atoms with E-state index in [4.69, 9.17) is 0 Å². The van der Waals surface area contributed by atoms with E-state index in [9.17, 15) is 15.0 Å². The largest absolute Gasteiger partial charge is 0.388 e. The molecule has 8 nitrogen and oxygen atoms in total. The van der Waals surface area contributed by atoms with Gasteiger partial charge < -0.3 is 15.1 Å². The Balaban J connectivity index is 1.30. The van der Waals surface area contributed by atoms with E-state index >= 15 is 0 Å². The first kappa shape index (κ1) is 26.2. The fourth-order valence-corrected chi connectivity index (χ4v) is 7.77. The van der Waals surface area contributed by atoms with Crippen molar-refractivity contribution in [2.45, 2.75) is 94.5 Å². The Bertz CT molecular complexity index is 951. The number of hydrogen-bond acceptors (Lipinski definition) is 8. The van der Waals surface area contributed by atoms with E-state index in [0.717, 1.165) is 32.1 Å². The van der Waals surface area contributed by atoms with Crippen molar-refractivity contribution in [3.8, 4) is 0 Å². The number of aliphatic hydroxyl groups excluding tert-OH is 1. The first-order chi connectivity index (χ1) is 17.3. The van der Waals surface area contributed by atoms with Crippen LogP contribution in [0.1, 0.15) is 89.3 Å². The van der Waals surface area contributed by atoms with Crippen LogP contribution in [0.2, 0.25) is 0 Å². The minimum Gasteiger partial charge on any atom is -0.388 e. The number of aromatic nitrogens is 2. The van der Waals surface area contributed by atoms with Crippen LogP contribution in [0.3, 0.4) is 0 Å². The van der Waals surface area contributed by atoms with E-state index in [0.29, 0.717) is 48.5 Å². The van der Waals surface area contributed by atoms with E-state index in [1.807, 2.05) is 23.3 Å². The van der Waals surface area contributed by atoms with E-state index in [2.05, 4.69) is 21.8 Å². The molecule has 36 heavy (non-hydrogen) atoms. The minimum atomic E-state index is -0.986. The Morgan fingerprint density at radius 1 is 1.19 bits per heavy atom. The average Bonchev–Trinajstić information content (AvgIpc) is 3.45. The van der Waals surface area contributed by atoms with Gasteiger partial charge in [0.05, 0.1) is 17.7 Å². The van der Waals surface area contributed by atoms with Gasteiger partial charge in [0.25, 0.3) is 0 Å². The molecule has 1 aromatic rings. The summed E-state index contributed by atoms with van der Waals surface area (Å²) in [5, 5.41) is 27.7. The summed E-state index contributed by atoms with van der Waals surface area (Å²) in [6.45, 7) is 3.61. The zero-order valence-electron chi connectivity index (χ0n) is 22.2. The highest BCUT2D eigenvalue weighted by Gasteiger charge is 2.57. The highest BCUT2D eigenvalue weighted by atomic mass is 32.2. The third kappa shape index (κ3) is 4.65. The number of carbonyl (C=O) groups is 1. The van der Waals surface area contributed by atoms with Gasteiger partial charge in [0, 0.05) is 37.7 Å². The van der Waals surface area contributed by atoms with Gasteiger partial charge in [0.1, 0.15) is 0 Å². The number of hydrogen-bond donors (Lipinski definition) is 2. The molecule has 2 unspecified atom stereocenters. The molecular weight excluding hydrogens is 474 g/mol. The van der Waals surface area contributed by atoms with Gasteiger partial charge in [-0.25, -0.2) is 9.97 Å². The number of nitrogens with zero attached hydrogens (tertiary/aromatic N) is 5. The van der Waals surface area contributed by atoms with Crippen molar-refractivity contribution in [3.63, 3.8) is 0 Å². The van der Waals surface area contributed by atoms with Gasteiger partial charge in [0.15, 0.2) is 17.2 Å². The van der Waals surface area contributed by atoms with E-state index < -0.39 is 11.8 Å². The van der Waals surface area contributed by atoms with Crippen molar-refractivity contribution in [1.82, 2.24) is 19.9 Å². The number of likely N-dealkylation sites (tertiary alicyclic amines) is 1. The van der Waals surface area contributed by atoms with Crippen molar-refractivity contribution in [2.24, 2.45) is 17.3 Å². The molecule has 1 saturated heterocycles. The first-order valence-corrected chi connectivity index (χ1v) is 15.1. The smallest absolute Gasteiger partial charge is 0.225 e. The maximum atomic E-state index is 13.5. The highest BCUT2D eigenvalue weighted by Crippen LogP contribution is 2.52. The number of thioether (sulfide) groups is 1. The zero-order valence-corrected chi connectivity index (χ0v) is 23.0. The summed E-state index contributed by atoms with van der Waals surface area (Å²) in [4.78, 5) is 24.6. The summed E-state index contributed by atoms with van der Waals surface area (Å²) in [6, 6.07) is 0. The summed E-state index contributed by atoms with van der Waals surface area (Å²) in [5.41, 5.74) is -0.653. The molecule has 2 saturated carbocycles. The van der Waals surface area contributed by atoms with Crippen LogP contribution < -0.4 is 5.01 Å². The van der Waals surface area contributed by atoms with Gasteiger partial charge in [0.2, 0.25) is 5.91 Å². The normalized spacial score (nSPS) is 29.6. The highest BCUT2D eigenvalue weighted by molar-refractivity contribution is 7.98. The molecule has 1 spiro atoms. The Labute approximate surface area is 219 Å². The van der Waals surface area contributed by atoms with E-state index in [1.165, 1.54) is 43.9 Å². The van der Waals surface area contributed by atoms with E-state index in [-0.39, 0.29) is 17.2 Å². The lowest BCUT2D eigenvalue weighted by Crippen LogP contribution is -2.65. The van der Waals surface area contributed by atoms with Crippen molar-refractivity contribution in [1.29, 1.82) is 0 Å². The van der Waals surface area contributed by atoms with E-state index in [1.54, 1.807) is 6.20 Å². The van der Waals surface area contributed by atoms with Crippen LogP contribution in [-0.2, 0) is 4.79 Å². The lowest BCUT2D eigenvalue weighted by Gasteiger charge is -2.54. The lowest BCUT2D eigenvalue weighted by atomic mass is 9.65. The van der Waals surface area contributed by atoms with Crippen LogP contribution >= 0.6 is 11.8 Å². The maximum absolute atomic E-state index is 13.5. The number of hydrazine groups is 1. The molecule has 3 fully saturated rings. The molecule has 200 valence electrons. The van der Waals surface area contributed by atoms with Gasteiger partial charge in [-0.2, -0.15) is 5.01 Å². The number of piperidine rings is 1.